The van der Waals surface area contributed by atoms with Gasteiger partial charge in [-0.15, -0.1) is 0 Å². The summed E-state index contributed by atoms with van der Waals surface area (Å²) in [6, 6.07) is 5.61. The predicted molar refractivity (Wildman–Crippen MR) is 98.2 cm³/mol. The molecule has 10 heteroatoms. The molecule has 0 aliphatic rings. The van der Waals surface area contributed by atoms with Crippen LogP contribution in [0.1, 0.15) is 39.0 Å². The van der Waals surface area contributed by atoms with Gasteiger partial charge in [-0.25, -0.2) is 9.59 Å². The number of aromatic amines is 1. The molecule has 0 fully saturated rings. The molecular formula is C19H20F2N2O6. The van der Waals surface area contributed by atoms with Crippen LogP contribution in [0.15, 0.2) is 24.3 Å². The fourth-order valence-electron chi connectivity index (χ4n) is 2.66. The summed E-state index contributed by atoms with van der Waals surface area (Å²) in [5.74, 6) is -2.42. The van der Waals surface area contributed by atoms with Crippen molar-refractivity contribution in [2.24, 2.45) is 0 Å². The number of carbonyl (C=O) groups is 3. The minimum absolute atomic E-state index is 0.00569. The third-order valence-corrected chi connectivity index (χ3v) is 3.99. The predicted octanol–water partition coefficient (Wildman–Crippen LogP) is 3.07. The molecule has 0 atom stereocenters. The monoisotopic (exact) mass is 410 g/mol. The lowest BCUT2D eigenvalue weighted by Gasteiger charge is -2.11. The first kappa shape index (κ1) is 21.9. The van der Waals surface area contributed by atoms with Crippen molar-refractivity contribution in [2.45, 2.75) is 26.9 Å². The van der Waals surface area contributed by atoms with E-state index in [1.807, 2.05) is 0 Å². The van der Waals surface area contributed by atoms with E-state index in [0.29, 0.717) is 17.7 Å². The van der Waals surface area contributed by atoms with Gasteiger partial charge in [-0.2, -0.15) is 8.78 Å². The van der Waals surface area contributed by atoms with Crippen LogP contribution in [0.5, 0.6) is 5.75 Å². The second-order valence-corrected chi connectivity index (χ2v) is 5.82. The number of rotatable bonds is 8. The van der Waals surface area contributed by atoms with Gasteiger partial charge in [0, 0.05) is 5.69 Å². The van der Waals surface area contributed by atoms with E-state index in [0.717, 1.165) is 0 Å². The molecule has 0 bridgehead atoms. The van der Waals surface area contributed by atoms with Gasteiger partial charge in [0.15, 0.2) is 6.61 Å². The van der Waals surface area contributed by atoms with Gasteiger partial charge < -0.3 is 24.5 Å². The van der Waals surface area contributed by atoms with E-state index in [9.17, 15) is 23.2 Å². The van der Waals surface area contributed by atoms with E-state index in [1.54, 1.807) is 13.8 Å². The summed E-state index contributed by atoms with van der Waals surface area (Å²) in [4.78, 5) is 39.1. The highest BCUT2D eigenvalue weighted by molar-refractivity contribution is 6.00. The number of esters is 2. The fraction of sp³-hybridized carbons (Fsp3) is 0.316. The Morgan fingerprint density at radius 1 is 1.17 bits per heavy atom. The number of alkyl halides is 2. The van der Waals surface area contributed by atoms with Crippen LogP contribution in [0.3, 0.4) is 0 Å². The summed E-state index contributed by atoms with van der Waals surface area (Å²) >= 11 is 0. The number of aryl methyl sites for hydroxylation is 1. The number of halogens is 2. The number of anilines is 1. The Bertz CT molecular complexity index is 910. The van der Waals surface area contributed by atoms with Crippen molar-refractivity contribution in [2.75, 3.05) is 19.0 Å². The molecule has 2 aromatic rings. The fourth-order valence-corrected chi connectivity index (χ4v) is 2.66. The number of ether oxygens (including phenoxy) is 3. The van der Waals surface area contributed by atoms with Gasteiger partial charge in [0.05, 0.1) is 18.4 Å². The van der Waals surface area contributed by atoms with Crippen LogP contribution in [-0.4, -0.2) is 43.2 Å². The van der Waals surface area contributed by atoms with E-state index >= 15 is 0 Å². The minimum atomic E-state index is -3.06. The van der Waals surface area contributed by atoms with Crippen LogP contribution in [0.2, 0.25) is 0 Å². The molecule has 1 amide bonds. The van der Waals surface area contributed by atoms with E-state index in [-0.39, 0.29) is 22.7 Å². The zero-order valence-electron chi connectivity index (χ0n) is 16.0. The molecule has 0 aliphatic carbocycles. The molecule has 0 spiro atoms. The molecule has 156 valence electrons. The molecule has 2 rings (SSSR count). The summed E-state index contributed by atoms with van der Waals surface area (Å²) in [6.45, 7) is -0.385. The molecule has 0 saturated carbocycles. The maximum Gasteiger partial charge on any atom is 0.387 e. The first-order chi connectivity index (χ1) is 13.8. The van der Waals surface area contributed by atoms with Crippen molar-refractivity contribution in [3.8, 4) is 5.75 Å². The highest BCUT2D eigenvalue weighted by atomic mass is 19.3. The van der Waals surface area contributed by atoms with Crippen LogP contribution in [0.25, 0.3) is 0 Å². The highest BCUT2D eigenvalue weighted by Crippen LogP contribution is 2.25. The van der Waals surface area contributed by atoms with Crippen LogP contribution in [0.4, 0.5) is 14.5 Å². The number of nitrogens with one attached hydrogen (secondary N) is 2. The summed E-state index contributed by atoms with van der Waals surface area (Å²) in [5.41, 5.74) is 1.12. The van der Waals surface area contributed by atoms with Crippen molar-refractivity contribution in [1.82, 2.24) is 4.98 Å². The quantitative estimate of drug-likeness (QED) is 0.648. The second kappa shape index (κ2) is 9.67. The van der Waals surface area contributed by atoms with Gasteiger partial charge in [-0.1, -0.05) is 19.1 Å². The van der Waals surface area contributed by atoms with Crippen molar-refractivity contribution in [3.63, 3.8) is 0 Å². The number of amides is 1. The van der Waals surface area contributed by atoms with E-state index in [2.05, 4.69) is 15.0 Å². The Morgan fingerprint density at radius 3 is 2.48 bits per heavy atom. The minimum Gasteiger partial charge on any atom is -0.465 e. The Balaban J connectivity index is 2.06. The molecule has 1 aromatic heterocycles. The highest BCUT2D eigenvalue weighted by Gasteiger charge is 2.25. The Morgan fingerprint density at radius 2 is 1.86 bits per heavy atom. The number of para-hydroxylation sites is 2. The number of hydrogen-bond donors (Lipinski definition) is 2. The Labute approximate surface area is 165 Å². The normalized spacial score (nSPS) is 10.6. The number of methoxy groups -OCH3 is 1. The van der Waals surface area contributed by atoms with Crippen molar-refractivity contribution < 1.29 is 37.4 Å². The van der Waals surface area contributed by atoms with E-state index < -0.39 is 31.1 Å². The van der Waals surface area contributed by atoms with Gasteiger partial charge in [-0.3, -0.25) is 4.79 Å². The molecule has 0 radical (unpaired) electrons. The number of H-pyrrole nitrogens is 1. The van der Waals surface area contributed by atoms with Gasteiger partial charge in [-0.05, 0) is 31.0 Å². The Kier molecular flexibility index (Phi) is 7.29. The van der Waals surface area contributed by atoms with Crippen LogP contribution < -0.4 is 10.1 Å². The first-order valence-electron chi connectivity index (χ1n) is 8.59. The molecule has 0 unspecified atom stereocenters. The molecule has 1 heterocycles. The zero-order chi connectivity index (χ0) is 21.6. The molecule has 29 heavy (non-hydrogen) atoms. The van der Waals surface area contributed by atoms with Gasteiger partial charge in [0.1, 0.15) is 11.4 Å². The van der Waals surface area contributed by atoms with Crippen LogP contribution in [0, 0.1) is 6.92 Å². The lowest BCUT2D eigenvalue weighted by Crippen LogP contribution is -2.22. The summed E-state index contributed by atoms with van der Waals surface area (Å²) in [7, 11) is 1.23. The molecular weight excluding hydrogens is 390 g/mol. The summed E-state index contributed by atoms with van der Waals surface area (Å²) < 4.78 is 38.8. The smallest absolute Gasteiger partial charge is 0.387 e. The average Bonchev–Trinajstić information content (AvgIpc) is 3.03. The number of carbonyl (C=O) groups excluding carboxylic acids is 3. The zero-order valence-corrected chi connectivity index (χ0v) is 16.0. The van der Waals surface area contributed by atoms with Gasteiger partial charge >= 0.3 is 18.6 Å². The summed E-state index contributed by atoms with van der Waals surface area (Å²) in [5, 5.41) is 2.33. The standard InChI is InChI=1S/C19H20F2N2O6/c1-4-11-15(17(25)27-3)10(2)16(23-11)18(26)28-9-14(24)22-12-7-5-6-8-13(12)29-19(20)21/h5-8,19,23H,4,9H2,1-3H3,(H,22,24). The van der Waals surface area contributed by atoms with Crippen molar-refractivity contribution >= 4 is 23.5 Å². The number of hydrogen-bond acceptors (Lipinski definition) is 6. The van der Waals surface area contributed by atoms with Crippen molar-refractivity contribution in [3.05, 3.63) is 46.8 Å². The largest absolute Gasteiger partial charge is 0.465 e. The third kappa shape index (κ3) is 5.31. The lowest BCUT2D eigenvalue weighted by molar-refractivity contribution is -0.119. The molecule has 0 saturated heterocycles. The number of aromatic nitrogens is 1. The topological polar surface area (TPSA) is 107 Å². The van der Waals surface area contributed by atoms with Crippen LogP contribution in [-0.2, 0) is 20.7 Å². The van der Waals surface area contributed by atoms with Gasteiger partial charge in [0.25, 0.3) is 5.91 Å². The maximum absolute atomic E-state index is 12.4. The molecule has 2 N–H and O–H groups in total. The van der Waals surface area contributed by atoms with Crippen LogP contribution >= 0.6 is 0 Å². The average molecular weight is 410 g/mol. The second-order valence-electron chi connectivity index (χ2n) is 5.82. The Hall–Kier alpha value is -3.43. The van der Waals surface area contributed by atoms with Crippen molar-refractivity contribution in [1.29, 1.82) is 0 Å². The first-order valence-corrected chi connectivity index (χ1v) is 8.59. The third-order valence-electron chi connectivity index (χ3n) is 3.99. The van der Waals surface area contributed by atoms with E-state index in [1.165, 1.54) is 31.4 Å². The SMILES string of the molecule is CCc1[nH]c(C(=O)OCC(=O)Nc2ccccc2OC(F)F)c(C)c1C(=O)OC. The molecule has 1 aromatic carbocycles. The number of benzene rings is 1. The lowest BCUT2D eigenvalue weighted by atomic mass is 10.1. The maximum atomic E-state index is 12.4. The molecule has 0 aliphatic heterocycles. The summed E-state index contributed by atoms with van der Waals surface area (Å²) in [6.07, 6.45) is 0.444. The van der Waals surface area contributed by atoms with E-state index in [4.69, 9.17) is 9.47 Å². The molecule has 8 nitrogen and oxygen atoms in total. The van der Waals surface area contributed by atoms with Gasteiger partial charge in [0.2, 0.25) is 0 Å².